The van der Waals surface area contributed by atoms with Gasteiger partial charge < -0.3 is 10.0 Å². The fraction of sp³-hybridized carbons (Fsp3) is 0.467. The molecule has 0 saturated heterocycles. The molecule has 0 heterocycles. The number of hydrogen-bond donors (Lipinski definition) is 1. The lowest BCUT2D eigenvalue weighted by Gasteiger charge is -2.23. The van der Waals surface area contributed by atoms with Crippen LogP contribution in [-0.2, 0) is 9.59 Å². The van der Waals surface area contributed by atoms with Gasteiger partial charge in [0.05, 0.1) is 0 Å². The van der Waals surface area contributed by atoms with Crippen LogP contribution >= 0.6 is 11.8 Å². The molecule has 1 fully saturated rings. The molecule has 1 N–H and O–H groups in total. The van der Waals surface area contributed by atoms with Gasteiger partial charge >= 0.3 is 5.97 Å². The molecule has 1 unspecified atom stereocenters. The van der Waals surface area contributed by atoms with Gasteiger partial charge in [-0.1, -0.05) is 6.92 Å². The van der Waals surface area contributed by atoms with Gasteiger partial charge in [-0.15, -0.1) is 11.8 Å². The van der Waals surface area contributed by atoms with E-state index in [4.69, 9.17) is 5.11 Å². The summed E-state index contributed by atoms with van der Waals surface area (Å²) in [6.07, 6.45) is 1.77. The van der Waals surface area contributed by atoms with E-state index in [0.717, 1.165) is 17.7 Å². The fourth-order valence-corrected chi connectivity index (χ4v) is 2.94. The van der Waals surface area contributed by atoms with Gasteiger partial charge in [-0.25, -0.2) is 4.39 Å². The Bertz CT molecular complexity index is 516. The Balaban J connectivity index is 1.88. The van der Waals surface area contributed by atoms with E-state index in [1.165, 1.54) is 28.8 Å². The Morgan fingerprint density at radius 3 is 2.52 bits per heavy atom. The summed E-state index contributed by atoms with van der Waals surface area (Å²) >= 11 is 1.47. The van der Waals surface area contributed by atoms with Gasteiger partial charge in [0, 0.05) is 22.6 Å². The molecule has 0 aromatic heterocycles. The average molecular weight is 311 g/mol. The molecule has 1 aromatic rings. The number of thioether (sulfide) groups is 1. The van der Waals surface area contributed by atoms with Gasteiger partial charge in [-0.2, -0.15) is 0 Å². The van der Waals surface area contributed by atoms with Crippen LogP contribution in [0.4, 0.5) is 4.39 Å². The van der Waals surface area contributed by atoms with Gasteiger partial charge in [0.1, 0.15) is 12.4 Å². The third-order valence-electron chi connectivity index (χ3n) is 3.31. The number of hydrogen-bond acceptors (Lipinski definition) is 3. The van der Waals surface area contributed by atoms with Crippen LogP contribution in [0.1, 0.15) is 19.8 Å². The van der Waals surface area contributed by atoms with E-state index in [0.29, 0.717) is 5.75 Å². The molecular weight excluding hydrogens is 293 g/mol. The van der Waals surface area contributed by atoms with Crippen LogP contribution in [0.25, 0.3) is 0 Å². The quantitative estimate of drug-likeness (QED) is 0.787. The lowest BCUT2D eigenvalue weighted by molar-refractivity contribution is -0.146. The van der Waals surface area contributed by atoms with Crippen molar-refractivity contribution >= 4 is 23.6 Å². The molecule has 1 aliphatic rings. The topological polar surface area (TPSA) is 57.6 Å². The van der Waals surface area contributed by atoms with E-state index in [1.54, 1.807) is 19.1 Å². The average Bonchev–Trinajstić information content (AvgIpc) is 3.27. The van der Waals surface area contributed by atoms with Crippen LogP contribution < -0.4 is 0 Å². The van der Waals surface area contributed by atoms with Crippen molar-refractivity contribution in [1.82, 2.24) is 4.90 Å². The summed E-state index contributed by atoms with van der Waals surface area (Å²) in [6, 6.07) is 6.21. The third kappa shape index (κ3) is 4.74. The molecule has 114 valence electrons. The largest absolute Gasteiger partial charge is 0.480 e. The summed E-state index contributed by atoms with van der Waals surface area (Å²) in [6.45, 7) is 1.57. The molecule has 1 saturated carbocycles. The summed E-state index contributed by atoms with van der Waals surface area (Å²) < 4.78 is 12.8. The minimum atomic E-state index is -0.978. The highest BCUT2D eigenvalue weighted by Crippen LogP contribution is 2.29. The van der Waals surface area contributed by atoms with Crippen LogP contribution in [0.3, 0.4) is 0 Å². The maximum Gasteiger partial charge on any atom is 0.323 e. The van der Waals surface area contributed by atoms with E-state index in [9.17, 15) is 14.0 Å². The summed E-state index contributed by atoms with van der Waals surface area (Å²) in [5, 5.41) is 8.89. The molecule has 1 amide bonds. The minimum absolute atomic E-state index is 0.0897. The maximum absolute atomic E-state index is 12.8. The predicted octanol–water partition coefficient (Wildman–Crippen LogP) is 2.63. The maximum atomic E-state index is 12.8. The first-order valence-corrected chi connectivity index (χ1v) is 7.86. The molecular formula is C15H18FNO3S. The SMILES string of the molecule is CC(CSc1ccc(F)cc1)C(=O)N(CC(=O)O)C1CC1. The van der Waals surface area contributed by atoms with Gasteiger partial charge in [0.2, 0.25) is 5.91 Å². The van der Waals surface area contributed by atoms with Gasteiger partial charge in [0.25, 0.3) is 0 Å². The van der Waals surface area contributed by atoms with E-state index in [1.807, 2.05) is 0 Å². The van der Waals surface area contributed by atoms with Gasteiger partial charge in [0.15, 0.2) is 0 Å². The number of nitrogens with zero attached hydrogens (tertiary/aromatic N) is 1. The van der Waals surface area contributed by atoms with Crippen LogP contribution in [0.2, 0.25) is 0 Å². The Hall–Kier alpha value is -1.56. The van der Waals surface area contributed by atoms with Crippen molar-refractivity contribution in [3.8, 4) is 0 Å². The highest BCUT2D eigenvalue weighted by molar-refractivity contribution is 7.99. The fourth-order valence-electron chi connectivity index (χ4n) is 2.03. The summed E-state index contributed by atoms with van der Waals surface area (Å²) in [4.78, 5) is 25.5. The number of carboxylic acid groups (broad SMARTS) is 1. The number of carbonyl (C=O) groups is 2. The Kier molecular flexibility index (Phi) is 5.22. The summed E-state index contributed by atoms with van der Waals surface area (Å²) in [5.41, 5.74) is 0. The molecule has 0 bridgehead atoms. The number of carbonyl (C=O) groups excluding carboxylic acids is 1. The second-order valence-corrected chi connectivity index (χ2v) is 6.35. The first-order valence-electron chi connectivity index (χ1n) is 6.88. The van der Waals surface area contributed by atoms with E-state index in [-0.39, 0.29) is 30.2 Å². The lowest BCUT2D eigenvalue weighted by Crippen LogP contribution is -2.41. The molecule has 0 spiro atoms. The standard InChI is InChI=1S/C15H18FNO3S/c1-10(9-21-13-6-2-11(16)3-7-13)15(20)17(8-14(18)19)12-4-5-12/h2-3,6-7,10,12H,4-5,8-9H2,1H3,(H,18,19). The zero-order valence-electron chi connectivity index (χ0n) is 11.8. The Labute approximate surface area is 127 Å². The van der Waals surface area contributed by atoms with E-state index in [2.05, 4.69) is 0 Å². The van der Waals surface area contributed by atoms with Crippen molar-refractivity contribution in [2.45, 2.75) is 30.7 Å². The minimum Gasteiger partial charge on any atom is -0.480 e. The van der Waals surface area contributed by atoms with E-state index >= 15 is 0 Å². The third-order valence-corrected chi connectivity index (χ3v) is 4.58. The van der Waals surface area contributed by atoms with Crippen LogP contribution in [0, 0.1) is 11.7 Å². The second kappa shape index (κ2) is 6.93. The summed E-state index contributed by atoms with van der Waals surface area (Å²) in [5.74, 6) is -1.10. The van der Waals surface area contributed by atoms with Gasteiger partial charge in [-0.3, -0.25) is 9.59 Å². The molecule has 1 aromatic carbocycles. The number of amides is 1. The zero-order valence-corrected chi connectivity index (χ0v) is 12.6. The van der Waals surface area contributed by atoms with Crippen molar-refractivity contribution in [2.24, 2.45) is 5.92 Å². The predicted molar refractivity (Wildman–Crippen MR) is 78.7 cm³/mol. The molecule has 0 aliphatic heterocycles. The number of halogens is 1. The van der Waals surface area contributed by atoms with Crippen molar-refractivity contribution in [3.63, 3.8) is 0 Å². The molecule has 1 atom stereocenters. The first kappa shape index (κ1) is 15.8. The Morgan fingerprint density at radius 2 is 2.00 bits per heavy atom. The number of aliphatic carboxylic acids is 1. The van der Waals surface area contributed by atoms with Crippen molar-refractivity contribution in [2.75, 3.05) is 12.3 Å². The molecule has 2 rings (SSSR count). The van der Waals surface area contributed by atoms with Crippen molar-refractivity contribution < 1.29 is 19.1 Å². The Morgan fingerprint density at radius 1 is 1.38 bits per heavy atom. The highest BCUT2D eigenvalue weighted by Gasteiger charge is 2.35. The second-order valence-electron chi connectivity index (χ2n) is 5.26. The molecule has 0 radical (unpaired) electrons. The van der Waals surface area contributed by atoms with Crippen LogP contribution in [0.15, 0.2) is 29.2 Å². The lowest BCUT2D eigenvalue weighted by atomic mass is 10.2. The highest BCUT2D eigenvalue weighted by atomic mass is 32.2. The monoisotopic (exact) mass is 311 g/mol. The molecule has 1 aliphatic carbocycles. The summed E-state index contributed by atoms with van der Waals surface area (Å²) in [7, 11) is 0. The van der Waals surface area contributed by atoms with Crippen LogP contribution in [0.5, 0.6) is 0 Å². The number of rotatable bonds is 7. The number of benzene rings is 1. The number of carboxylic acids is 1. The molecule has 4 nitrogen and oxygen atoms in total. The zero-order chi connectivity index (χ0) is 15.4. The van der Waals surface area contributed by atoms with Gasteiger partial charge in [-0.05, 0) is 37.1 Å². The molecule has 21 heavy (non-hydrogen) atoms. The molecule has 6 heteroatoms. The normalized spacial score (nSPS) is 15.5. The van der Waals surface area contributed by atoms with Crippen LogP contribution in [-0.4, -0.2) is 40.2 Å². The smallest absolute Gasteiger partial charge is 0.323 e. The van der Waals surface area contributed by atoms with E-state index < -0.39 is 5.97 Å². The first-order chi connectivity index (χ1) is 9.97. The van der Waals surface area contributed by atoms with Crippen molar-refractivity contribution in [1.29, 1.82) is 0 Å². The van der Waals surface area contributed by atoms with Crippen molar-refractivity contribution in [3.05, 3.63) is 30.1 Å².